The number of thiocarbonyl (C=S) groups is 1. The molecule has 4 nitrogen and oxygen atoms in total. The minimum Gasteiger partial charge on any atom is -0.455 e. The number of nitrogens with one attached hydrogen (secondary N) is 1. The summed E-state index contributed by atoms with van der Waals surface area (Å²) >= 11 is 4.63. The van der Waals surface area contributed by atoms with Crippen molar-refractivity contribution in [2.45, 2.75) is 6.92 Å². The van der Waals surface area contributed by atoms with E-state index in [-0.39, 0.29) is 5.11 Å². The Morgan fingerprint density at radius 1 is 1.28 bits per heavy atom. The van der Waals surface area contributed by atoms with E-state index in [1.807, 2.05) is 43.3 Å². The van der Waals surface area contributed by atoms with Crippen molar-refractivity contribution in [3.8, 4) is 11.3 Å². The van der Waals surface area contributed by atoms with E-state index < -0.39 is 0 Å². The van der Waals surface area contributed by atoms with Crippen LogP contribution in [0.1, 0.15) is 11.3 Å². The number of rotatable bonds is 3. The molecule has 1 heterocycles. The van der Waals surface area contributed by atoms with Crippen molar-refractivity contribution in [1.82, 2.24) is 5.43 Å². The molecule has 1 aromatic heterocycles. The summed E-state index contributed by atoms with van der Waals surface area (Å²) < 4.78 is 5.62. The lowest BCUT2D eigenvalue weighted by atomic mass is 10.1. The molecule has 92 valence electrons. The summed E-state index contributed by atoms with van der Waals surface area (Å²) in [5, 5.41) is 3.95. The predicted octanol–water partition coefficient (Wildman–Crippen LogP) is 2.42. The molecule has 0 fully saturated rings. The summed E-state index contributed by atoms with van der Waals surface area (Å²) in [5.41, 5.74) is 9.96. The molecule has 2 rings (SSSR count). The lowest BCUT2D eigenvalue weighted by Gasteiger charge is -1.97. The van der Waals surface area contributed by atoms with Gasteiger partial charge in [-0.25, -0.2) is 0 Å². The van der Waals surface area contributed by atoms with Crippen LogP contribution in [-0.4, -0.2) is 11.3 Å². The molecule has 0 unspecified atom stereocenters. The van der Waals surface area contributed by atoms with Crippen molar-refractivity contribution >= 4 is 23.5 Å². The van der Waals surface area contributed by atoms with E-state index in [0.717, 1.165) is 11.3 Å². The fraction of sp³-hybridized carbons (Fsp3) is 0.0769. The van der Waals surface area contributed by atoms with Gasteiger partial charge < -0.3 is 10.2 Å². The molecule has 0 amide bonds. The Hall–Kier alpha value is -2.14. The van der Waals surface area contributed by atoms with Crippen LogP contribution in [0.25, 0.3) is 11.3 Å². The van der Waals surface area contributed by atoms with Gasteiger partial charge in [0.1, 0.15) is 11.5 Å². The molecule has 0 spiro atoms. The van der Waals surface area contributed by atoms with Gasteiger partial charge >= 0.3 is 0 Å². The summed E-state index contributed by atoms with van der Waals surface area (Å²) in [6.45, 7) is 2.05. The van der Waals surface area contributed by atoms with Crippen LogP contribution in [-0.2, 0) is 0 Å². The maximum absolute atomic E-state index is 5.62. The van der Waals surface area contributed by atoms with Crippen molar-refractivity contribution in [3.05, 3.63) is 47.7 Å². The molecule has 18 heavy (non-hydrogen) atoms. The van der Waals surface area contributed by atoms with Crippen LogP contribution in [0.3, 0.4) is 0 Å². The van der Waals surface area contributed by atoms with E-state index in [1.54, 1.807) is 0 Å². The second kappa shape index (κ2) is 5.46. The fourth-order valence-corrected chi connectivity index (χ4v) is 1.51. The topological polar surface area (TPSA) is 63.5 Å². The Kier molecular flexibility index (Phi) is 3.74. The summed E-state index contributed by atoms with van der Waals surface area (Å²) in [4.78, 5) is 0. The van der Waals surface area contributed by atoms with Crippen LogP contribution >= 0.6 is 12.2 Å². The molecule has 0 radical (unpaired) electrons. The summed E-state index contributed by atoms with van der Waals surface area (Å²) in [6, 6.07) is 11.8. The molecule has 0 saturated heterocycles. The first-order valence-corrected chi connectivity index (χ1v) is 5.81. The number of benzene rings is 1. The quantitative estimate of drug-likeness (QED) is 0.505. The molecule has 1 aromatic carbocycles. The van der Waals surface area contributed by atoms with E-state index >= 15 is 0 Å². The van der Waals surface area contributed by atoms with Crippen LogP contribution < -0.4 is 11.2 Å². The van der Waals surface area contributed by atoms with Gasteiger partial charge in [-0.1, -0.05) is 29.8 Å². The molecule has 0 aliphatic heterocycles. The molecule has 0 aliphatic rings. The zero-order chi connectivity index (χ0) is 13.0. The van der Waals surface area contributed by atoms with E-state index in [4.69, 9.17) is 10.2 Å². The van der Waals surface area contributed by atoms with Gasteiger partial charge in [-0.05, 0) is 31.3 Å². The van der Waals surface area contributed by atoms with Crippen molar-refractivity contribution < 1.29 is 4.42 Å². The largest absolute Gasteiger partial charge is 0.455 e. The molecular weight excluding hydrogens is 246 g/mol. The van der Waals surface area contributed by atoms with Gasteiger partial charge in [0.15, 0.2) is 5.11 Å². The van der Waals surface area contributed by atoms with Gasteiger partial charge in [-0.15, -0.1) is 0 Å². The highest BCUT2D eigenvalue weighted by molar-refractivity contribution is 7.80. The maximum atomic E-state index is 5.62. The van der Waals surface area contributed by atoms with Crippen molar-refractivity contribution in [2.75, 3.05) is 0 Å². The second-order valence-electron chi connectivity index (χ2n) is 3.80. The van der Waals surface area contributed by atoms with Gasteiger partial charge in [-0.2, -0.15) is 5.10 Å². The number of furan rings is 1. The van der Waals surface area contributed by atoms with Crippen molar-refractivity contribution in [2.24, 2.45) is 10.8 Å². The molecular formula is C13H13N3OS. The number of nitrogens with zero attached hydrogens (tertiary/aromatic N) is 1. The van der Waals surface area contributed by atoms with Crippen molar-refractivity contribution in [3.63, 3.8) is 0 Å². The van der Waals surface area contributed by atoms with E-state index in [9.17, 15) is 0 Å². The highest BCUT2D eigenvalue weighted by Crippen LogP contribution is 2.21. The normalized spacial score (nSPS) is 10.7. The molecule has 0 aliphatic carbocycles. The number of hydrogen-bond acceptors (Lipinski definition) is 3. The molecule has 0 saturated carbocycles. The number of aryl methyl sites for hydroxylation is 1. The molecule has 0 bridgehead atoms. The van der Waals surface area contributed by atoms with Crippen LogP contribution in [0.5, 0.6) is 0 Å². The highest BCUT2D eigenvalue weighted by Gasteiger charge is 2.02. The summed E-state index contributed by atoms with van der Waals surface area (Å²) in [7, 11) is 0. The third-order valence-corrected chi connectivity index (χ3v) is 2.42. The minimum absolute atomic E-state index is 0.122. The predicted molar refractivity (Wildman–Crippen MR) is 76.4 cm³/mol. The average Bonchev–Trinajstić information content (AvgIpc) is 2.78. The van der Waals surface area contributed by atoms with Gasteiger partial charge in [-0.3, -0.25) is 5.43 Å². The van der Waals surface area contributed by atoms with E-state index in [0.29, 0.717) is 5.76 Å². The number of hydrazone groups is 1. The number of hydrogen-bond donors (Lipinski definition) is 2. The van der Waals surface area contributed by atoms with E-state index in [1.165, 1.54) is 11.8 Å². The van der Waals surface area contributed by atoms with Crippen LogP contribution in [0.4, 0.5) is 0 Å². The van der Waals surface area contributed by atoms with Gasteiger partial charge in [0.05, 0.1) is 6.21 Å². The van der Waals surface area contributed by atoms with Crippen LogP contribution in [0, 0.1) is 6.92 Å². The third kappa shape index (κ3) is 3.18. The lowest BCUT2D eigenvalue weighted by Crippen LogP contribution is -2.23. The first kappa shape index (κ1) is 12.3. The fourth-order valence-electron chi connectivity index (χ4n) is 1.45. The van der Waals surface area contributed by atoms with Gasteiger partial charge in [0, 0.05) is 5.56 Å². The van der Waals surface area contributed by atoms with Crippen LogP contribution in [0.15, 0.2) is 45.9 Å². The van der Waals surface area contributed by atoms with Gasteiger partial charge in [0.2, 0.25) is 0 Å². The Morgan fingerprint density at radius 3 is 2.67 bits per heavy atom. The van der Waals surface area contributed by atoms with Crippen molar-refractivity contribution in [1.29, 1.82) is 0 Å². The Labute approximate surface area is 110 Å². The Morgan fingerprint density at radius 2 is 2.00 bits per heavy atom. The standard InChI is InChI=1S/C13H13N3OS/c1-9-2-4-10(5-3-9)12-7-6-11(17-12)8-15-16-13(14)18/h2-8H,1H3,(H3,14,16,18). The second-order valence-corrected chi connectivity index (χ2v) is 4.24. The maximum Gasteiger partial charge on any atom is 0.184 e. The Balaban J connectivity index is 2.12. The van der Waals surface area contributed by atoms with E-state index in [2.05, 4.69) is 22.7 Å². The van der Waals surface area contributed by atoms with Crippen LogP contribution in [0.2, 0.25) is 0 Å². The first-order chi connectivity index (χ1) is 8.65. The number of nitrogens with two attached hydrogens (primary N) is 1. The SMILES string of the molecule is Cc1ccc(-c2ccc(C=NNC(N)=S)o2)cc1. The third-order valence-electron chi connectivity index (χ3n) is 2.33. The first-order valence-electron chi connectivity index (χ1n) is 5.40. The summed E-state index contributed by atoms with van der Waals surface area (Å²) in [6.07, 6.45) is 1.52. The zero-order valence-corrected chi connectivity index (χ0v) is 10.7. The molecule has 0 atom stereocenters. The minimum atomic E-state index is 0.122. The Bertz CT molecular complexity index is 572. The smallest absolute Gasteiger partial charge is 0.184 e. The molecule has 3 N–H and O–H groups in total. The average molecular weight is 259 g/mol. The highest BCUT2D eigenvalue weighted by atomic mass is 32.1. The van der Waals surface area contributed by atoms with Gasteiger partial charge in [0.25, 0.3) is 0 Å². The monoisotopic (exact) mass is 259 g/mol. The molecule has 5 heteroatoms. The zero-order valence-electron chi connectivity index (χ0n) is 9.88. The molecule has 2 aromatic rings. The summed E-state index contributed by atoms with van der Waals surface area (Å²) in [5.74, 6) is 1.43. The lowest BCUT2D eigenvalue weighted by molar-refractivity contribution is 0.574.